The van der Waals surface area contributed by atoms with E-state index in [2.05, 4.69) is 81.4 Å². The summed E-state index contributed by atoms with van der Waals surface area (Å²) in [6.07, 6.45) is 0. The van der Waals surface area contributed by atoms with E-state index in [1.54, 1.807) is 0 Å². The van der Waals surface area contributed by atoms with Gasteiger partial charge in [0.1, 0.15) is 0 Å². The Morgan fingerprint density at radius 3 is 1.63 bits per heavy atom. The Hall–Kier alpha value is -2.39. The molecule has 0 bridgehead atoms. The van der Waals surface area contributed by atoms with Crippen molar-refractivity contribution in [2.24, 2.45) is 0 Å². The highest BCUT2D eigenvalue weighted by Crippen LogP contribution is 2.77. The minimum absolute atomic E-state index is 0.297. The molecular formula is C33H41O4P. The maximum atomic E-state index is 15.3. The summed E-state index contributed by atoms with van der Waals surface area (Å²) in [5.41, 5.74) is 9.13. The first-order valence-corrected chi connectivity index (χ1v) is 15.1. The third-order valence-corrected chi connectivity index (χ3v) is 11.0. The van der Waals surface area contributed by atoms with Gasteiger partial charge in [0.05, 0.1) is 5.92 Å². The summed E-state index contributed by atoms with van der Waals surface area (Å²) in [5, 5.41) is 10.5. The maximum absolute atomic E-state index is 15.3. The molecule has 4 nitrogen and oxygen atoms in total. The van der Waals surface area contributed by atoms with Gasteiger partial charge in [0.25, 0.3) is 5.34 Å². The molecule has 0 saturated carbocycles. The number of fused-ring (bicyclic) bond motifs is 4. The third kappa shape index (κ3) is 3.60. The highest BCUT2D eigenvalue weighted by molar-refractivity contribution is 7.61. The molecule has 1 aliphatic heterocycles. The summed E-state index contributed by atoms with van der Waals surface area (Å²) in [6.45, 7) is 23.1. The fourth-order valence-electron chi connectivity index (χ4n) is 6.06. The molecule has 1 aliphatic carbocycles. The topological polar surface area (TPSA) is 61.8 Å². The lowest BCUT2D eigenvalue weighted by Gasteiger charge is -2.49. The quantitative estimate of drug-likeness (QED) is 0.322. The summed E-state index contributed by atoms with van der Waals surface area (Å²) in [7, 11) is -4.23. The summed E-state index contributed by atoms with van der Waals surface area (Å²) in [4.78, 5) is 15.3. The van der Waals surface area contributed by atoms with Crippen LogP contribution in [0.4, 0.5) is 0 Å². The minimum Gasteiger partial charge on any atom is -0.614 e. The van der Waals surface area contributed by atoms with Gasteiger partial charge < -0.3 is 19.0 Å². The molecule has 5 heteroatoms. The van der Waals surface area contributed by atoms with Crippen molar-refractivity contribution >= 4 is 7.94 Å². The number of benzene rings is 3. The highest BCUT2D eigenvalue weighted by atomic mass is 31.2. The van der Waals surface area contributed by atoms with Gasteiger partial charge in [-0.15, -0.1) is 0 Å². The number of aliphatic hydroxyl groups is 1. The SMILES string of the molecule is Cc1cc(C(C)(C)C)c2c(c1C)-c1c(C)c(C)cc(C(C)(C)C)c1O[P+]([O-])([C@@]1(O)c3ccccc3[C@H]1C)O2. The van der Waals surface area contributed by atoms with Crippen LogP contribution in [-0.4, -0.2) is 5.11 Å². The molecule has 202 valence electrons. The van der Waals surface area contributed by atoms with E-state index in [1.165, 1.54) is 0 Å². The smallest absolute Gasteiger partial charge is 0.369 e. The van der Waals surface area contributed by atoms with E-state index in [0.717, 1.165) is 50.1 Å². The Labute approximate surface area is 228 Å². The molecule has 0 spiro atoms. The number of hydrogen-bond donors (Lipinski definition) is 1. The van der Waals surface area contributed by atoms with Gasteiger partial charge in [-0.25, -0.2) is 0 Å². The zero-order valence-corrected chi connectivity index (χ0v) is 25.6. The Kier molecular flexibility index (Phi) is 5.94. The molecule has 0 radical (unpaired) electrons. The normalized spacial score (nSPS) is 21.8. The fraction of sp³-hybridized carbons (Fsp3) is 0.455. The first kappa shape index (κ1) is 27.2. The van der Waals surface area contributed by atoms with Crippen molar-refractivity contribution in [2.75, 3.05) is 0 Å². The van der Waals surface area contributed by atoms with Crippen LogP contribution in [-0.2, 0) is 16.2 Å². The molecule has 1 heterocycles. The van der Waals surface area contributed by atoms with Crippen LogP contribution in [0.15, 0.2) is 36.4 Å². The predicted molar refractivity (Wildman–Crippen MR) is 155 cm³/mol. The highest BCUT2D eigenvalue weighted by Gasteiger charge is 2.70. The second kappa shape index (κ2) is 8.31. The monoisotopic (exact) mass is 532 g/mol. The predicted octanol–water partition coefficient (Wildman–Crippen LogP) is 8.04. The van der Waals surface area contributed by atoms with Gasteiger partial charge in [-0.05, 0) is 66.3 Å². The molecule has 0 unspecified atom stereocenters. The van der Waals surface area contributed by atoms with E-state index in [-0.39, 0.29) is 10.8 Å². The van der Waals surface area contributed by atoms with E-state index in [0.29, 0.717) is 17.1 Å². The molecule has 2 aliphatic rings. The summed E-state index contributed by atoms with van der Waals surface area (Å²) >= 11 is 0. The molecule has 1 N–H and O–H groups in total. The standard InChI is InChI=1S/C33H41O4P/c1-18-16-25(31(6,7)8)29-27(20(18)3)28-21(4)19(2)17-26(32(9,10)11)30(28)37-38(35,36-29)33(34)22(5)23-14-12-13-15-24(23)33/h12-17,22,34H,1-11H3/t22-,33-/m1/s1. The Morgan fingerprint density at radius 1 is 0.789 bits per heavy atom. The van der Waals surface area contributed by atoms with Crippen molar-refractivity contribution in [3.05, 3.63) is 80.9 Å². The molecule has 3 aromatic rings. The Morgan fingerprint density at radius 2 is 1.21 bits per heavy atom. The summed E-state index contributed by atoms with van der Waals surface area (Å²) in [6, 6.07) is 11.9. The lowest BCUT2D eigenvalue weighted by Crippen LogP contribution is -2.51. The van der Waals surface area contributed by atoms with Crippen molar-refractivity contribution in [3.8, 4) is 22.6 Å². The van der Waals surface area contributed by atoms with Gasteiger partial charge in [-0.3, -0.25) is 0 Å². The van der Waals surface area contributed by atoms with Gasteiger partial charge in [0.2, 0.25) is 0 Å². The Bertz CT molecular complexity index is 1400. The maximum Gasteiger partial charge on any atom is 0.369 e. The van der Waals surface area contributed by atoms with Crippen molar-refractivity contribution in [1.29, 1.82) is 0 Å². The molecule has 0 fully saturated rings. The first-order chi connectivity index (χ1) is 17.4. The van der Waals surface area contributed by atoms with E-state index < -0.39 is 19.2 Å². The minimum atomic E-state index is -4.23. The number of rotatable bonds is 1. The van der Waals surface area contributed by atoms with Gasteiger partial charge >= 0.3 is 7.94 Å². The lowest BCUT2D eigenvalue weighted by atomic mass is 9.75. The lowest BCUT2D eigenvalue weighted by molar-refractivity contribution is -0.226. The van der Waals surface area contributed by atoms with Gasteiger partial charge in [0, 0.05) is 27.8 Å². The first-order valence-electron chi connectivity index (χ1n) is 13.5. The van der Waals surface area contributed by atoms with Crippen LogP contribution in [0.2, 0.25) is 0 Å². The van der Waals surface area contributed by atoms with Crippen LogP contribution >= 0.6 is 7.94 Å². The van der Waals surface area contributed by atoms with E-state index >= 15 is 4.89 Å². The molecule has 0 aromatic heterocycles. The Balaban J connectivity index is 1.96. The van der Waals surface area contributed by atoms with Gasteiger partial charge in [-0.2, -0.15) is 0 Å². The van der Waals surface area contributed by atoms with Crippen LogP contribution in [0.25, 0.3) is 11.1 Å². The molecule has 2 atom stereocenters. The fourth-order valence-corrected chi connectivity index (χ4v) is 8.34. The molecule has 0 amide bonds. The second-order valence-corrected chi connectivity index (χ2v) is 15.4. The van der Waals surface area contributed by atoms with Crippen LogP contribution in [0.1, 0.15) is 98.9 Å². The average molecular weight is 533 g/mol. The molecule has 3 aromatic carbocycles. The van der Waals surface area contributed by atoms with Crippen LogP contribution < -0.4 is 13.9 Å². The number of aryl methyl sites for hydroxylation is 2. The van der Waals surface area contributed by atoms with Crippen molar-refractivity contribution in [2.45, 2.75) is 98.3 Å². The molecule has 0 saturated heterocycles. The molecular weight excluding hydrogens is 491 g/mol. The zero-order valence-electron chi connectivity index (χ0n) is 24.7. The van der Waals surface area contributed by atoms with Crippen LogP contribution in [0.5, 0.6) is 11.5 Å². The van der Waals surface area contributed by atoms with Crippen LogP contribution in [0.3, 0.4) is 0 Å². The van der Waals surface area contributed by atoms with E-state index in [1.807, 2.05) is 31.2 Å². The van der Waals surface area contributed by atoms with Crippen LogP contribution in [0, 0.1) is 27.7 Å². The molecule has 38 heavy (non-hydrogen) atoms. The van der Waals surface area contributed by atoms with Crippen molar-refractivity contribution in [3.63, 3.8) is 0 Å². The summed E-state index contributed by atoms with van der Waals surface area (Å²) < 4.78 is 13.4. The zero-order chi connectivity index (χ0) is 28.2. The average Bonchev–Trinajstić information content (AvgIpc) is 2.96. The van der Waals surface area contributed by atoms with E-state index in [9.17, 15) is 5.11 Å². The van der Waals surface area contributed by atoms with Crippen molar-refractivity contribution < 1.29 is 19.0 Å². The number of hydrogen-bond acceptors (Lipinski definition) is 4. The van der Waals surface area contributed by atoms with Gasteiger partial charge in [0.15, 0.2) is 11.5 Å². The van der Waals surface area contributed by atoms with Gasteiger partial charge in [-0.1, -0.05) is 84.9 Å². The van der Waals surface area contributed by atoms with Crippen molar-refractivity contribution in [1.82, 2.24) is 0 Å². The van der Waals surface area contributed by atoms with E-state index in [4.69, 9.17) is 9.05 Å². The third-order valence-electron chi connectivity index (χ3n) is 8.73. The second-order valence-electron chi connectivity index (χ2n) is 13.4. The largest absolute Gasteiger partial charge is 0.614 e. The molecule has 5 rings (SSSR count). The summed E-state index contributed by atoms with van der Waals surface area (Å²) in [5.74, 6) is 0.700.